The zero-order valence-electron chi connectivity index (χ0n) is 67.4. The Morgan fingerprint density at radius 2 is 0.739 bits per heavy atom. The van der Waals surface area contributed by atoms with E-state index in [0.717, 1.165) is 184 Å². The molecule has 0 spiro atoms. The van der Waals surface area contributed by atoms with Crippen LogP contribution in [0.1, 0.15) is 282 Å². The predicted molar refractivity (Wildman–Crippen MR) is 430 cm³/mol. The summed E-state index contributed by atoms with van der Waals surface area (Å²) in [4.78, 5) is 58.4. The molecule has 23 heteroatoms. The maximum atomic E-state index is 14.4. The zero-order valence-corrected chi connectivity index (χ0v) is 67.4. The molecule has 0 saturated carbocycles. The van der Waals surface area contributed by atoms with Crippen LogP contribution < -0.4 is 18.9 Å². The fraction of sp³-hybridized carbons (Fsp3) is 0.609. The molecule has 6 aromatic rings. The quantitative estimate of drug-likeness (QED) is 0.0242. The van der Waals surface area contributed by atoms with Crippen molar-refractivity contribution in [2.24, 2.45) is 0 Å². The molecule has 0 bridgehead atoms. The van der Waals surface area contributed by atoms with Crippen LogP contribution in [0.4, 0.5) is 13.2 Å². The number of aromatic nitrogens is 3. The number of pyridine rings is 3. The number of fused-ring (bicyclic) bond motifs is 3. The van der Waals surface area contributed by atoms with E-state index < -0.39 is 41.7 Å². The summed E-state index contributed by atoms with van der Waals surface area (Å²) in [5.41, 5.74) is 15.8. The number of nitrogens with zero attached hydrogens (tertiary/aromatic N) is 6. The van der Waals surface area contributed by atoms with Gasteiger partial charge in [-0.3, -0.25) is 39.2 Å². The van der Waals surface area contributed by atoms with E-state index in [9.17, 15) is 37.8 Å². The Bertz CT molecular complexity index is 3880. The third-order valence-corrected chi connectivity index (χ3v) is 24.4. The van der Waals surface area contributed by atoms with Crippen LogP contribution in [0.25, 0.3) is 0 Å². The number of hydrogen-bond donors (Lipinski definition) is 2. The Hall–Kier alpha value is -6.49. The molecule has 6 aliphatic heterocycles. The molecule has 0 radical (unpaired) electrons. The van der Waals surface area contributed by atoms with Crippen LogP contribution in [-0.4, -0.2) is 168 Å². The number of ether oxygens (including phenoxy) is 7. The van der Waals surface area contributed by atoms with E-state index in [1.54, 1.807) is 18.2 Å². The molecule has 6 saturated heterocycles. The number of aliphatic carboxylic acids is 2. The smallest absolute Gasteiger partial charge is 0.870 e. The summed E-state index contributed by atoms with van der Waals surface area (Å²) in [6, 6.07) is 24.5. The molecule has 3 aromatic carbocycles. The molecule has 1 unspecified atom stereocenters. The van der Waals surface area contributed by atoms with Crippen LogP contribution in [0.2, 0.25) is 0 Å². The first-order valence-electron chi connectivity index (χ1n) is 42.5. The van der Waals surface area contributed by atoms with Gasteiger partial charge in [-0.15, -0.1) is 0 Å². The van der Waals surface area contributed by atoms with Gasteiger partial charge in [-0.1, -0.05) is 43.8 Å². The van der Waals surface area contributed by atoms with Crippen molar-refractivity contribution in [1.29, 1.82) is 0 Å². The summed E-state index contributed by atoms with van der Waals surface area (Å²) in [7, 11) is 1.40. The number of carboxylic acids is 2. The van der Waals surface area contributed by atoms with Gasteiger partial charge in [-0.2, -0.15) is 0 Å². The second kappa shape index (κ2) is 46.2. The molecule has 3 aromatic heterocycles. The number of unbranched alkanes of at least 4 members (excludes halogenated alkanes) is 3. The summed E-state index contributed by atoms with van der Waals surface area (Å²) in [5, 5.41) is 20.3. The average molecular weight is 1590 g/mol. The molecule has 6 fully saturated rings. The Labute approximate surface area is 691 Å². The molecular weight excluding hydrogens is 1460 g/mol. The number of carbonyl (C=O) groups is 3. The SMILES string of the molecule is C.COC(=O)C(c1cc(F)ccc1[C@@H]1CCCCO1)N1CC[C@@H](OCCCCc2ccc3c(n2)CCCC3)C1.O=C(O)[C@@H](c1cc(F)ccc1[C@@H]1CCCCO1)N1CC[C@@H](OCCCCc2ccc3c(n2)CCCC3)C1.O=C(O)[C@H](c1cc(F)ccc1[C@@H]1CCCCO1)N1CC[C@@H](OCCCCc2ccc3c(n2)CCCC3)C1.[Li+].[OH-]. The number of likely N-dealkylation sites (tertiary alicyclic amines) is 3. The minimum atomic E-state index is -0.958. The third-order valence-electron chi connectivity index (χ3n) is 24.4. The Kier molecular flexibility index (Phi) is 36.5. The summed E-state index contributed by atoms with van der Waals surface area (Å²) in [6.07, 6.45) is 33.9. The number of esters is 1. The Balaban J connectivity index is 0.000000180. The zero-order chi connectivity index (χ0) is 77.6. The largest absolute Gasteiger partial charge is 1.00 e. The van der Waals surface area contributed by atoms with E-state index in [2.05, 4.69) is 41.3 Å². The number of aryl methyl sites for hydroxylation is 9. The van der Waals surface area contributed by atoms with Gasteiger partial charge in [0.05, 0.1) is 43.7 Å². The van der Waals surface area contributed by atoms with Crippen molar-refractivity contribution in [1.82, 2.24) is 29.7 Å². The van der Waals surface area contributed by atoms with Gasteiger partial charge in [0.1, 0.15) is 35.6 Å². The van der Waals surface area contributed by atoms with Crippen molar-refractivity contribution in [2.75, 3.05) is 86.0 Å². The molecule has 0 amide bonds. The normalized spacial score (nSPS) is 22.3. The van der Waals surface area contributed by atoms with E-state index in [0.29, 0.717) is 95.6 Å². The molecule has 19 nitrogen and oxygen atoms in total. The first-order chi connectivity index (χ1) is 54.8. The minimum absolute atomic E-state index is 0. The number of rotatable bonds is 30. The van der Waals surface area contributed by atoms with Crippen LogP contribution in [0.5, 0.6) is 0 Å². The van der Waals surface area contributed by atoms with Gasteiger partial charge >= 0.3 is 36.8 Å². The maximum absolute atomic E-state index is 14.4. The van der Waals surface area contributed by atoms with Gasteiger partial charge in [0.15, 0.2) is 0 Å². The molecule has 9 heterocycles. The second-order valence-corrected chi connectivity index (χ2v) is 32.3. The van der Waals surface area contributed by atoms with Crippen LogP contribution in [0.3, 0.4) is 0 Å². The number of halogens is 3. The van der Waals surface area contributed by atoms with E-state index in [-0.39, 0.29) is 80.2 Å². The molecule has 115 heavy (non-hydrogen) atoms. The van der Waals surface area contributed by atoms with Gasteiger partial charge in [0.25, 0.3) is 0 Å². The van der Waals surface area contributed by atoms with Crippen LogP contribution in [0, 0.1) is 17.5 Å². The van der Waals surface area contributed by atoms with Crippen molar-refractivity contribution in [3.63, 3.8) is 0 Å². The number of carbonyl (C=O) groups excluding carboxylic acids is 1. The van der Waals surface area contributed by atoms with Crippen molar-refractivity contribution < 1.29 is 95.3 Å². The summed E-state index contributed by atoms with van der Waals surface area (Å²) in [5.74, 6) is -3.47. The predicted octanol–water partition coefficient (Wildman–Crippen LogP) is 14.3. The number of carboxylic acid groups (broad SMARTS) is 2. The van der Waals surface area contributed by atoms with E-state index in [4.69, 9.17) is 48.1 Å². The fourth-order valence-electron chi connectivity index (χ4n) is 18.4. The number of benzene rings is 3. The molecule has 3 aliphatic carbocycles. The third kappa shape index (κ3) is 25.3. The molecule has 3 N–H and O–H groups in total. The van der Waals surface area contributed by atoms with Gasteiger partial charge in [0.2, 0.25) is 0 Å². The first kappa shape index (κ1) is 90.8. The maximum Gasteiger partial charge on any atom is 1.00 e. The number of hydrogen-bond acceptors (Lipinski definition) is 17. The molecule has 622 valence electrons. The van der Waals surface area contributed by atoms with Gasteiger partial charge in [0, 0.05) is 113 Å². The van der Waals surface area contributed by atoms with Crippen LogP contribution in [0.15, 0.2) is 91.0 Å². The monoisotopic (exact) mass is 1580 g/mol. The molecule has 9 aliphatic rings. The van der Waals surface area contributed by atoms with Crippen LogP contribution in [-0.2, 0) is 105 Å². The van der Waals surface area contributed by atoms with Gasteiger partial charge < -0.3 is 48.8 Å². The summed E-state index contributed by atoms with van der Waals surface area (Å²) >= 11 is 0. The fourth-order valence-corrected chi connectivity index (χ4v) is 18.4. The average Bonchev–Trinajstić information content (AvgIpc) is 1.79. The topological polar surface area (TPSA) is 235 Å². The minimum Gasteiger partial charge on any atom is -0.870 e. The summed E-state index contributed by atoms with van der Waals surface area (Å²) in [6.45, 7) is 7.60. The van der Waals surface area contributed by atoms with Gasteiger partial charge in [-0.05, 0) is 317 Å². The number of methoxy groups -OCH3 is 1. The Morgan fingerprint density at radius 3 is 1.04 bits per heavy atom. The van der Waals surface area contributed by atoms with Crippen molar-refractivity contribution >= 4 is 17.9 Å². The standard InChI is InChI=1S/C31H41FN2O4.2C30H39FN2O4.CH4.Li.H2O/c1-36-31(35)30(27-20-23(32)13-15-26(27)29-11-5-7-19-38-29)34-17-16-25(21-34)37-18-6-4-9-24-14-12-22-8-2-3-10-28(22)33-24;2*31-22-12-14-25(28-10-4-6-18-37-28)26(19-22)29(30(34)35)33-16-15-24(20-33)36-17-5-3-8-23-13-11-21-7-1-2-9-27(21)32-23;;;/h12-15,20,25,29-30H,2-11,16-19,21H2,1H3;2*11-14,19,24,28-29H,1-10,15-18,20H2,(H,34,35);1H4;;1H2/q;;;;+1;/p-1/t25-,29+,30?;24-,28+,29+;24-,28+,29-;;;/m111.../s1. The Morgan fingerprint density at radius 1 is 0.426 bits per heavy atom. The molecule has 9 atom stereocenters. The van der Waals surface area contributed by atoms with Gasteiger partial charge in [-0.25, -0.2) is 18.0 Å². The van der Waals surface area contributed by atoms with E-state index >= 15 is 0 Å². The second-order valence-electron chi connectivity index (χ2n) is 32.3. The molecular formula is C92H124F3LiN6O13. The van der Waals surface area contributed by atoms with Crippen molar-refractivity contribution in [3.8, 4) is 0 Å². The molecule has 15 rings (SSSR count). The summed E-state index contributed by atoms with van der Waals surface area (Å²) < 4.78 is 84.5. The van der Waals surface area contributed by atoms with Crippen molar-refractivity contribution in [3.05, 3.63) is 193 Å². The van der Waals surface area contributed by atoms with Crippen LogP contribution >= 0.6 is 0 Å². The van der Waals surface area contributed by atoms with E-state index in [1.165, 1.54) is 139 Å². The first-order valence-corrected chi connectivity index (χ1v) is 42.5. The van der Waals surface area contributed by atoms with Crippen molar-refractivity contribution in [2.45, 2.75) is 274 Å². The van der Waals surface area contributed by atoms with E-state index in [1.807, 2.05) is 9.80 Å².